The summed E-state index contributed by atoms with van der Waals surface area (Å²) in [4.78, 5) is 17.9. The summed E-state index contributed by atoms with van der Waals surface area (Å²) in [7, 11) is 0. The maximum atomic E-state index is 12.9. The van der Waals surface area contributed by atoms with E-state index in [2.05, 4.69) is 11.6 Å². The molecule has 0 saturated heterocycles. The predicted octanol–water partition coefficient (Wildman–Crippen LogP) is 4.83. The van der Waals surface area contributed by atoms with E-state index in [4.69, 9.17) is 14.2 Å². The lowest BCUT2D eigenvalue weighted by Crippen LogP contribution is -2.16. The van der Waals surface area contributed by atoms with E-state index in [0.29, 0.717) is 48.2 Å². The van der Waals surface area contributed by atoms with Gasteiger partial charge in [-0.05, 0) is 57.2 Å². The van der Waals surface area contributed by atoms with Crippen molar-refractivity contribution in [2.75, 3.05) is 19.8 Å². The molecule has 0 aliphatic heterocycles. The highest BCUT2D eigenvalue weighted by Gasteiger charge is 2.13. The Morgan fingerprint density at radius 1 is 1.03 bits per heavy atom. The molecule has 0 atom stereocenters. The third kappa shape index (κ3) is 4.74. The van der Waals surface area contributed by atoms with Crippen LogP contribution < -0.4 is 19.0 Å². The molecule has 1 amide bonds. The smallest absolute Gasteiger partial charge is 0.279 e. The van der Waals surface area contributed by atoms with Gasteiger partial charge in [0.1, 0.15) is 5.75 Å². The van der Waals surface area contributed by atoms with Crippen LogP contribution in [0.25, 0.3) is 10.2 Å². The highest BCUT2D eigenvalue weighted by Crippen LogP contribution is 2.29. The van der Waals surface area contributed by atoms with Crippen LogP contribution in [0.2, 0.25) is 0 Å². The standard InChI is InChI=1S/C23H26N2O4S/c1-5-13-25-18-11-10-17(27-6-2)15-21(18)30-23(25)24-22(26)16-9-12-19(28-7-3)20(14-16)29-8-4/h5,9-12,14-15H,1,6-8,13H2,2-4H3. The number of allylic oxidation sites excluding steroid dienone is 1. The number of fused-ring (bicyclic) bond motifs is 1. The molecule has 0 bridgehead atoms. The quantitative estimate of drug-likeness (QED) is 0.460. The molecule has 0 aliphatic carbocycles. The molecular formula is C23H26N2O4S. The van der Waals surface area contributed by atoms with Crippen molar-refractivity contribution in [2.45, 2.75) is 27.3 Å². The highest BCUT2D eigenvalue weighted by molar-refractivity contribution is 7.16. The fourth-order valence-electron chi connectivity index (χ4n) is 3.04. The summed E-state index contributed by atoms with van der Waals surface area (Å²) in [5.74, 6) is 1.61. The van der Waals surface area contributed by atoms with E-state index in [9.17, 15) is 4.79 Å². The lowest BCUT2D eigenvalue weighted by Gasteiger charge is -2.11. The molecule has 1 heterocycles. The van der Waals surface area contributed by atoms with Crippen LogP contribution in [-0.2, 0) is 6.54 Å². The van der Waals surface area contributed by atoms with Gasteiger partial charge in [0.15, 0.2) is 16.3 Å². The lowest BCUT2D eigenvalue weighted by atomic mass is 10.2. The largest absolute Gasteiger partial charge is 0.494 e. The zero-order valence-electron chi connectivity index (χ0n) is 17.5. The maximum absolute atomic E-state index is 12.9. The molecule has 1 aromatic heterocycles. The summed E-state index contributed by atoms with van der Waals surface area (Å²) >= 11 is 1.44. The molecule has 30 heavy (non-hydrogen) atoms. The van der Waals surface area contributed by atoms with Crippen molar-refractivity contribution < 1.29 is 19.0 Å². The van der Waals surface area contributed by atoms with Crippen LogP contribution in [0.4, 0.5) is 0 Å². The van der Waals surface area contributed by atoms with Crippen LogP contribution in [0.3, 0.4) is 0 Å². The van der Waals surface area contributed by atoms with E-state index < -0.39 is 0 Å². The number of carbonyl (C=O) groups is 1. The van der Waals surface area contributed by atoms with Gasteiger partial charge in [-0.2, -0.15) is 4.99 Å². The summed E-state index contributed by atoms with van der Waals surface area (Å²) in [6, 6.07) is 11.0. The fourth-order valence-corrected chi connectivity index (χ4v) is 4.10. The maximum Gasteiger partial charge on any atom is 0.279 e. The van der Waals surface area contributed by atoms with E-state index in [-0.39, 0.29) is 5.91 Å². The van der Waals surface area contributed by atoms with Crippen molar-refractivity contribution in [2.24, 2.45) is 4.99 Å². The number of ether oxygens (including phenoxy) is 3. The lowest BCUT2D eigenvalue weighted by molar-refractivity contribution is 0.0997. The van der Waals surface area contributed by atoms with Gasteiger partial charge in [-0.3, -0.25) is 4.79 Å². The Labute approximate surface area is 180 Å². The van der Waals surface area contributed by atoms with Gasteiger partial charge < -0.3 is 18.8 Å². The molecule has 0 aliphatic rings. The molecule has 0 N–H and O–H groups in total. The van der Waals surface area contributed by atoms with Gasteiger partial charge >= 0.3 is 0 Å². The third-order valence-corrected chi connectivity index (χ3v) is 5.31. The second-order valence-corrected chi connectivity index (χ2v) is 7.30. The molecule has 0 radical (unpaired) electrons. The van der Waals surface area contributed by atoms with Crippen LogP contribution in [0.15, 0.2) is 54.0 Å². The second-order valence-electron chi connectivity index (χ2n) is 6.29. The SMILES string of the molecule is C=CCn1c(=NC(=O)c2ccc(OCC)c(OCC)c2)sc2cc(OCC)ccc21. The number of carbonyl (C=O) groups excluding carboxylic acids is 1. The normalized spacial score (nSPS) is 11.5. The van der Waals surface area contributed by atoms with Gasteiger partial charge in [0.2, 0.25) is 0 Å². The number of aromatic nitrogens is 1. The summed E-state index contributed by atoms with van der Waals surface area (Å²) in [6.45, 7) is 11.7. The molecule has 3 aromatic rings. The van der Waals surface area contributed by atoms with Crippen LogP contribution in [-0.4, -0.2) is 30.3 Å². The minimum absolute atomic E-state index is 0.339. The average Bonchev–Trinajstić information content (AvgIpc) is 3.06. The molecule has 0 fully saturated rings. The van der Waals surface area contributed by atoms with Crippen LogP contribution in [0.1, 0.15) is 31.1 Å². The molecule has 158 valence electrons. The zero-order valence-corrected chi connectivity index (χ0v) is 18.3. The number of rotatable bonds is 9. The van der Waals surface area contributed by atoms with Crippen molar-refractivity contribution in [3.05, 3.63) is 59.4 Å². The number of amides is 1. The Hall–Kier alpha value is -3.06. The van der Waals surface area contributed by atoms with Gasteiger partial charge in [-0.15, -0.1) is 6.58 Å². The number of thiazole rings is 1. The zero-order chi connectivity index (χ0) is 21.5. The summed E-state index contributed by atoms with van der Waals surface area (Å²) in [5.41, 5.74) is 1.43. The Bertz CT molecular complexity index is 1110. The van der Waals surface area contributed by atoms with Gasteiger partial charge in [0.05, 0.1) is 30.0 Å². The molecule has 2 aromatic carbocycles. The van der Waals surface area contributed by atoms with Crippen LogP contribution in [0, 0.1) is 0 Å². The molecule has 6 nitrogen and oxygen atoms in total. The third-order valence-electron chi connectivity index (χ3n) is 4.26. The van der Waals surface area contributed by atoms with Crippen molar-refractivity contribution in [3.63, 3.8) is 0 Å². The van der Waals surface area contributed by atoms with Crippen molar-refractivity contribution >= 4 is 27.5 Å². The first-order chi connectivity index (χ1) is 14.6. The molecule has 0 spiro atoms. The molecule has 0 saturated carbocycles. The summed E-state index contributed by atoms with van der Waals surface area (Å²) in [5, 5.41) is 0. The van der Waals surface area contributed by atoms with Gasteiger partial charge in [-0.1, -0.05) is 17.4 Å². The number of benzene rings is 2. The van der Waals surface area contributed by atoms with E-state index in [1.807, 2.05) is 43.5 Å². The minimum atomic E-state index is -0.339. The average molecular weight is 427 g/mol. The summed E-state index contributed by atoms with van der Waals surface area (Å²) < 4.78 is 19.8. The van der Waals surface area contributed by atoms with Gasteiger partial charge in [0, 0.05) is 12.1 Å². The predicted molar refractivity (Wildman–Crippen MR) is 120 cm³/mol. The topological polar surface area (TPSA) is 62.1 Å². The van der Waals surface area contributed by atoms with Gasteiger partial charge in [0.25, 0.3) is 5.91 Å². The van der Waals surface area contributed by atoms with Crippen LogP contribution in [0.5, 0.6) is 17.2 Å². The molecular weight excluding hydrogens is 400 g/mol. The number of nitrogens with zero attached hydrogens (tertiary/aromatic N) is 2. The monoisotopic (exact) mass is 426 g/mol. The Morgan fingerprint density at radius 2 is 1.77 bits per heavy atom. The number of hydrogen-bond acceptors (Lipinski definition) is 5. The highest BCUT2D eigenvalue weighted by atomic mass is 32.1. The van der Waals surface area contributed by atoms with Crippen LogP contribution >= 0.6 is 11.3 Å². The Kier molecular flexibility index (Phi) is 7.30. The van der Waals surface area contributed by atoms with E-state index in [1.165, 1.54) is 11.3 Å². The molecule has 7 heteroatoms. The Balaban J connectivity index is 2.04. The first kappa shape index (κ1) is 21.6. The Morgan fingerprint density at radius 3 is 2.47 bits per heavy atom. The fraction of sp³-hybridized carbons (Fsp3) is 0.304. The molecule has 3 rings (SSSR count). The minimum Gasteiger partial charge on any atom is -0.494 e. The van der Waals surface area contributed by atoms with E-state index in [1.54, 1.807) is 24.3 Å². The second kappa shape index (κ2) is 10.1. The summed E-state index contributed by atoms with van der Waals surface area (Å²) in [6.07, 6.45) is 1.79. The van der Waals surface area contributed by atoms with E-state index in [0.717, 1.165) is 16.0 Å². The number of hydrogen-bond donors (Lipinski definition) is 0. The first-order valence-corrected chi connectivity index (χ1v) is 10.8. The van der Waals surface area contributed by atoms with Crippen molar-refractivity contribution in [3.8, 4) is 17.2 Å². The first-order valence-electron chi connectivity index (χ1n) is 9.97. The van der Waals surface area contributed by atoms with Gasteiger partial charge in [-0.25, -0.2) is 0 Å². The van der Waals surface area contributed by atoms with Crippen molar-refractivity contribution in [1.82, 2.24) is 4.57 Å². The van der Waals surface area contributed by atoms with Crippen molar-refractivity contribution in [1.29, 1.82) is 0 Å². The van der Waals surface area contributed by atoms with E-state index >= 15 is 0 Å². The molecule has 0 unspecified atom stereocenters.